The highest BCUT2D eigenvalue weighted by Gasteiger charge is 2.40. The van der Waals surface area contributed by atoms with Crippen molar-refractivity contribution >= 4 is 5.57 Å². The van der Waals surface area contributed by atoms with Crippen LogP contribution in [0.25, 0.3) is 27.8 Å². The number of benzene rings is 4. The Balaban J connectivity index is 2.01. The maximum atomic E-state index is 10.9. The Morgan fingerprint density at radius 1 is 0.558 bits per heavy atom. The Morgan fingerprint density at radius 2 is 1.02 bits per heavy atom. The van der Waals surface area contributed by atoms with Crippen LogP contribution >= 0.6 is 0 Å². The minimum absolute atomic E-state index is 0.0655. The largest absolute Gasteiger partial charge is 0.0622 e. The van der Waals surface area contributed by atoms with Crippen molar-refractivity contribution in [3.8, 4) is 22.3 Å². The van der Waals surface area contributed by atoms with Crippen molar-refractivity contribution in [2.45, 2.75) is 75.2 Å². The fourth-order valence-corrected chi connectivity index (χ4v) is 7.45. The average molecular weight is 568 g/mol. The second kappa shape index (κ2) is 12.5. The molecule has 2 atom stereocenters. The molecule has 0 amide bonds. The van der Waals surface area contributed by atoms with Crippen LogP contribution in [0.2, 0.25) is 0 Å². The van der Waals surface area contributed by atoms with Gasteiger partial charge in [0, 0.05) is 7.29 Å². The highest BCUT2D eigenvalue weighted by molar-refractivity contribution is 5.87. The van der Waals surface area contributed by atoms with Gasteiger partial charge >= 0.3 is 0 Å². The molecule has 0 aromatic heterocycles. The van der Waals surface area contributed by atoms with E-state index in [4.69, 9.17) is 0 Å². The minimum atomic E-state index is -0.895. The molecule has 0 spiro atoms. The van der Waals surface area contributed by atoms with Crippen LogP contribution in [-0.2, 0) is 0 Å². The lowest BCUT2D eigenvalue weighted by Crippen LogP contribution is -2.29. The van der Waals surface area contributed by atoms with E-state index in [9.17, 15) is 1.37 Å². The van der Waals surface area contributed by atoms with Gasteiger partial charge in [-0.15, -0.1) is 0 Å². The molecule has 4 aromatic carbocycles. The van der Waals surface area contributed by atoms with E-state index in [1.165, 1.54) is 72.4 Å². The molecule has 4 aromatic rings. The molecule has 222 valence electrons. The normalized spacial score (nSPS) is 19.3. The van der Waals surface area contributed by atoms with Gasteiger partial charge in [-0.25, -0.2) is 0 Å². The lowest BCUT2D eigenvalue weighted by atomic mass is 9.60. The molecule has 1 aliphatic rings. The first-order chi connectivity index (χ1) is 20.9. The van der Waals surface area contributed by atoms with E-state index in [-0.39, 0.29) is 17.8 Å². The van der Waals surface area contributed by atoms with Gasteiger partial charge in [0.2, 0.25) is 0 Å². The third-order valence-electron chi connectivity index (χ3n) is 9.41. The van der Waals surface area contributed by atoms with Crippen LogP contribution in [0.5, 0.6) is 0 Å². The molecule has 2 unspecified atom stereocenters. The summed E-state index contributed by atoms with van der Waals surface area (Å²) >= 11 is 0. The number of hydrogen-bond acceptors (Lipinski definition) is 0. The van der Waals surface area contributed by atoms with Gasteiger partial charge in [0.25, 0.3) is 0 Å². The molecule has 5 rings (SSSR count). The highest BCUT2D eigenvalue weighted by atomic mass is 14.4. The predicted molar refractivity (Wildman–Crippen MR) is 188 cm³/mol. The summed E-state index contributed by atoms with van der Waals surface area (Å²) in [4.78, 5) is 0. The standard InChI is InChI=1S/C43H50/c1-26(2)36-25-37(27(3)4)43(38(28(5)6)41(36)33-21-12-11-13-22-33)42-34(39-29(7)17-14-18-30(39)8)23-16-24-35(42)40-31(9)19-15-20-32(40)10/h11-28,38,43H,1-10H3/i38D. The van der Waals surface area contributed by atoms with Crippen LogP contribution in [0, 0.1) is 51.3 Å². The van der Waals surface area contributed by atoms with Crippen molar-refractivity contribution in [2.75, 3.05) is 0 Å². The Morgan fingerprint density at radius 3 is 1.44 bits per heavy atom. The van der Waals surface area contributed by atoms with E-state index in [0.717, 1.165) is 0 Å². The SMILES string of the molecule is [2H]C1(C(C)C)C(c2ccccc2)=C(C(C)C)C=C(C(C)C)C1c1c(-c2c(C)cccc2C)cccc1-c1c(C)cccc1C. The predicted octanol–water partition coefficient (Wildman–Crippen LogP) is 12.3. The molecule has 0 saturated heterocycles. The van der Waals surface area contributed by atoms with Gasteiger partial charge in [-0.2, -0.15) is 0 Å². The Kier molecular flexibility index (Phi) is 8.58. The fourth-order valence-electron chi connectivity index (χ4n) is 7.45. The number of aryl methyl sites for hydroxylation is 4. The van der Waals surface area contributed by atoms with Gasteiger partial charge in [0.15, 0.2) is 0 Å². The molecule has 0 aliphatic heterocycles. The van der Waals surface area contributed by atoms with Gasteiger partial charge in [-0.1, -0.05) is 138 Å². The molecule has 0 fully saturated rings. The van der Waals surface area contributed by atoms with Crippen LogP contribution in [-0.4, -0.2) is 0 Å². The van der Waals surface area contributed by atoms with E-state index in [2.05, 4.69) is 160 Å². The van der Waals surface area contributed by atoms with Crippen molar-refractivity contribution in [1.29, 1.82) is 0 Å². The second-order valence-corrected chi connectivity index (χ2v) is 13.5. The van der Waals surface area contributed by atoms with Crippen molar-refractivity contribution in [1.82, 2.24) is 0 Å². The fraction of sp³-hybridized carbons (Fsp3) is 0.349. The molecule has 1 aliphatic carbocycles. The summed E-state index contributed by atoms with van der Waals surface area (Å²) < 4.78 is 10.9. The van der Waals surface area contributed by atoms with Crippen LogP contribution in [0.1, 0.15) is 82.2 Å². The smallest absolute Gasteiger partial charge is 0.0365 e. The Hall–Kier alpha value is -3.64. The minimum Gasteiger partial charge on any atom is -0.0622 e. The zero-order chi connectivity index (χ0) is 31.9. The summed E-state index contributed by atoms with van der Waals surface area (Å²) in [6.45, 7) is 22.7. The molecule has 0 saturated carbocycles. The molecule has 0 heteroatoms. The first kappa shape index (κ1) is 29.4. The topological polar surface area (TPSA) is 0 Å². The Labute approximate surface area is 263 Å². The number of hydrogen-bond donors (Lipinski definition) is 0. The number of allylic oxidation sites excluding steroid dienone is 4. The molecule has 43 heavy (non-hydrogen) atoms. The van der Waals surface area contributed by atoms with E-state index < -0.39 is 5.89 Å². The van der Waals surface area contributed by atoms with E-state index in [1.807, 2.05) is 0 Å². The monoisotopic (exact) mass is 567 g/mol. The van der Waals surface area contributed by atoms with Crippen molar-refractivity contribution in [3.05, 3.63) is 136 Å². The third kappa shape index (κ3) is 5.70. The van der Waals surface area contributed by atoms with Crippen LogP contribution in [0.4, 0.5) is 0 Å². The zero-order valence-corrected chi connectivity index (χ0v) is 28.0. The van der Waals surface area contributed by atoms with E-state index in [1.54, 1.807) is 0 Å². The molecule has 0 N–H and O–H groups in total. The van der Waals surface area contributed by atoms with Crippen LogP contribution in [0.3, 0.4) is 0 Å². The first-order valence-electron chi connectivity index (χ1n) is 16.7. The summed E-state index contributed by atoms with van der Waals surface area (Å²) in [7, 11) is 0. The summed E-state index contributed by atoms with van der Waals surface area (Å²) in [6, 6.07) is 30.9. The van der Waals surface area contributed by atoms with Crippen molar-refractivity contribution < 1.29 is 1.37 Å². The summed E-state index contributed by atoms with van der Waals surface area (Å²) in [6.07, 6.45) is 2.49. The molecular formula is C43H50. The summed E-state index contributed by atoms with van der Waals surface area (Å²) in [5, 5.41) is 0. The van der Waals surface area contributed by atoms with Gasteiger partial charge < -0.3 is 0 Å². The molecule has 0 bridgehead atoms. The second-order valence-electron chi connectivity index (χ2n) is 13.5. The molecule has 0 heterocycles. The lowest BCUT2D eigenvalue weighted by Gasteiger charge is -2.43. The average Bonchev–Trinajstić information content (AvgIpc) is 2.97. The van der Waals surface area contributed by atoms with Gasteiger partial charge in [0.1, 0.15) is 0 Å². The molecular weight excluding hydrogens is 516 g/mol. The molecule has 0 nitrogen and oxygen atoms in total. The highest BCUT2D eigenvalue weighted by Crippen LogP contribution is 2.56. The maximum Gasteiger partial charge on any atom is 0.0365 e. The lowest BCUT2D eigenvalue weighted by molar-refractivity contribution is 0.405. The van der Waals surface area contributed by atoms with Gasteiger partial charge in [-0.3, -0.25) is 0 Å². The van der Waals surface area contributed by atoms with Crippen LogP contribution < -0.4 is 0 Å². The zero-order valence-electron chi connectivity index (χ0n) is 29.0. The van der Waals surface area contributed by atoms with E-state index >= 15 is 0 Å². The third-order valence-corrected chi connectivity index (χ3v) is 9.41. The molecule has 0 radical (unpaired) electrons. The summed E-state index contributed by atoms with van der Waals surface area (Å²) in [5.41, 5.74) is 16.5. The van der Waals surface area contributed by atoms with Crippen molar-refractivity contribution in [3.63, 3.8) is 0 Å². The van der Waals surface area contributed by atoms with Crippen LogP contribution in [0.15, 0.2) is 102 Å². The summed E-state index contributed by atoms with van der Waals surface area (Å²) in [5.74, 6) is -0.380. The van der Waals surface area contributed by atoms with Gasteiger partial charge in [-0.05, 0) is 118 Å². The Bertz CT molecular complexity index is 1620. The quantitative estimate of drug-likeness (QED) is 0.208. The van der Waals surface area contributed by atoms with E-state index in [0.29, 0.717) is 5.92 Å². The number of rotatable bonds is 7. The maximum absolute atomic E-state index is 10.9. The van der Waals surface area contributed by atoms with Crippen molar-refractivity contribution in [2.24, 2.45) is 23.6 Å². The first-order valence-corrected chi connectivity index (χ1v) is 16.2. The van der Waals surface area contributed by atoms with Gasteiger partial charge in [0.05, 0.1) is 0 Å².